The van der Waals surface area contributed by atoms with Gasteiger partial charge in [0, 0.05) is 43.3 Å². The van der Waals surface area contributed by atoms with Crippen molar-refractivity contribution in [3.63, 3.8) is 0 Å². The lowest BCUT2D eigenvalue weighted by Crippen LogP contribution is -2.39. The van der Waals surface area contributed by atoms with Crippen LogP contribution in [0.2, 0.25) is 5.02 Å². The van der Waals surface area contributed by atoms with Crippen LogP contribution in [0.15, 0.2) is 30.7 Å². The molecule has 6 heteroatoms. The molecule has 0 radical (unpaired) electrons. The molecule has 0 bridgehead atoms. The van der Waals surface area contributed by atoms with Crippen LogP contribution in [0.3, 0.4) is 0 Å². The van der Waals surface area contributed by atoms with Gasteiger partial charge in [0.25, 0.3) is 5.91 Å². The molecule has 2 aromatic heterocycles. The molecular weight excluding hydrogens is 276 g/mol. The van der Waals surface area contributed by atoms with E-state index in [1.54, 1.807) is 18.5 Å². The monoisotopic (exact) mass is 290 g/mol. The maximum atomic E-state index is 12.5. The molecule has 1 amide bonds. The first-order valence-corrected chi connectivity index (χ1v) is 7.01. The second-order valence-electron chi connectivity index (χ2n) is 4.96. The molecule has 5 nitrogen and oxygen atoms in total. The number of piperidine rings is 1. The number of carbonyl (C=O) groups is 1. The largest absolute Gasteiger partial charge is 0.338 e. The number of aromatic nitrogens is 3. The van der Waals surface area contributed by atoms with Gasteiger partial charge < -0.3 is 4.90 Å². The highest BCUT2D eigenvalue weighted by atomic mass is 35.5. The van der Waals surface area contributed by atoms with Gasteiger partial charge in [-0.2, -0.15) is 5.10 Å². The molecule has 1 aliphatic rings. The van der Waals surface area contributed by atoms with E-state index in [0.717, 1.165) is 25.1 Å². The molecule has 0 spiro atoms. The van der Waals surface area contributed by atoms with Gasteiger partial charge in [0.1, 0.15) is 0 Å². The van der Waals surface area contributed by atoms with E-state index in [1.807, 2.05) is 11.0 Å². The quantitative estimate of drug-likeness (QED) is 0.924. The molecule has 1 aliphatic heterocycles. The topological polar surface area (TPSA) is 61.9 Å². The summed E-state index contributed by atoms with van der Waals surface area (Å²) in [7, 11) is 0. The standard InChI is InChI=1S/C14H15ClN4O/c15-12-8-16-5-3-11(12)14(20)19-7-1-2-10(9-19)13-4-6-17-18-13/h3-6,8,10H,1-2,7,9H2,(H,17,18). The van der Waals surface area contributed by atoms with Gasteiger partial charge in [-0.25, -0.2) is 0 Å². The van der Waals surface area contributed by atoms with Crippen LogP contribution in [0.25, 0.3) is 0 Å². The molecule has 1 unspecified atom stereocenters. The molecule has 2 aromatic rings. The summed E-state index contributed by atoms with van der Waals surface area (Å²) in [5.41, 5.74) is 1.61. The Balaban J connectivity index is 1.77. The highest BCUT2D eigenvalue weighted by molar-refractivity contribution is 6.33. The number of pyridine rings is 1. The SMILES string of the molecule is O=C(c1ccncc1Cl)N1CCCC(c2ccn[nH]2)C1. The van der Waals surface area contributed by atoms with Crippen LogP contribution < -0.4 is 0 Å². The van der Waals surface area contributed by atoms with Crippen LogP contribution >= 0.6 is 11.6 Å². The Bertz CT molecular complexity index is 599. The maximum absolute atomic E-state index is 12.5. The molecule has 20 heavy (non-hydrogen) atoms. The zero-order chi connectivity index (χ0) is 13.9. The van der Waals surface area contributed by atoms with Crippen molar-refractivity contribution in [2.45, 2.75) is 18.8 Å². The summed E-state index contributed by atoms with van der Waals surface area (Å²) < 4.78 is 0. The van der Waals surface area contributed by atoms with Crippen LogP contribution in [0.1, 0.15) is 34.8 Å². The van der Waals surface area contributed by atoms with E-state index in [9.17, 15) is 4.79 Å². The molecule has 0 aliphatic carbocycles. The lowest BCUT2D eigenvalue weighted by molar-refractivity contribution is 0.0706. The van der Waals surface area contributed by atoms with Gasteiger partial charge in [0.2, 0.25) is 0 Å². The molecule has 3 rings (SSSR count). The maximum Gasteiger partial charge on any atom is 0.255 e. The Morgan fingerprint density at radius 2 is 2.30 bits per heavy atom. The number of likely N-dealkylation sites (tertiary alicyclic amines) is 1. The summed E-state index contributed by atoms with van der Waals surface area (Å²) >= 11 is 6.05. The van der Waals surface area contributed by atoms with Crippen LogP contribution in [0.5, 0.6) is 0 Å². The summed E-state index contributed by atoms with van der Waals surface area (Å²) in [6.07, 6.45) is 6.89. The number of rotatable bonds is 2. The Hall–Kier alpha value is -1.88. The third-order valence-electron chi connectivity index (χ3n) is 3.67. The number of H-pyrrole nitrogens is 1. The summed E-state index contributed by atoms with van der Waals surface area (Å²) in [6.45, 7) is 1.46. The fourth-order valence-electron chi connectivity index (χ4n) is 2.63. The minimum Gasteiger partial charge on any atom is -0.338 e. The van der Waals surface area contributed by atoms with Gasteiger partial charge in [-0.3, -0.25) is 14.9 Å². The number of hydrogen-bond acceptors (Lipinski definition) is 3. The predicted octanol–water partition coefficient (Wildman–Crippen LogP) is 2.48. The average molecular weight is 291 g/mol. The molecule has 1 atom stereocenters. The normalized spacial score (nSPS) is 19.1. The van der Waals surface area contributed by atoms with Crippen LogP contribution in [0.4, 0.5) is 0 Å². The van der Waals surface area contributed by atoms with Crippen molar-refractivity contribution in [1.29, 1.82) is 0 Å². The van der Waals surface area contributed by atoms with Gasteiger partial charge in [-0.05, 0) is 25.0 Å². The molecule has 104 valence electrons. The summed E-state index contributed by atoms with van der Waals surface area (Å²) in [5, 5.41) is 7.38. The first-order valence-electron chi connectivity index (χ1n) is 6.64. The second kappa shape index (κ2) is 5.63. The third-order valence-corrected chi connectivity index (χ3v) is 3.97. The van der Waals surface area contributed by atoms with Crippen molar-refractivity contribution in [2.75, 3.05) is 13.1 Å². The number of nitrogens with zero attached hydrogens (tertiary/aromatic N) is 3. The fourth-order valence-corrected chi connectivity index (χ4v) is 2.83. The lowest BCUT2D eigenvalue weighted by atomic mass is 9.94. The Labute approximate surface area is 122 Å². The van der Waals surface area contributed by atoms with Crippen LogP contribution in [0, 0.1) is 0 Å². The van der Waals surface area contributed by atoms with Crippen molar-refractivity contribution in [1.82, 2.24) is 20.1 Å². The highest BCUT2D eigenvalue weighted by Gasteiger charge is 2.27. The number of carbonyl (C=O) groups excluding carboxylic acids is 1. The van der Waals surface area contributed by atoms with E-state index in [2.05, 4.69) is 15.2 Å². The van der Waals surface area contributed by atoms with Gasteiger partial charge in [-0.15, -0.1) is 0 Å². The van der Waals surface area contributed by atoms with E-state index in [0.29, 0.717) is 23.0 Å². The molecule has 3 heterocycles. The van der Waals surface area contributed by atoms with E-state index in [1.165, 1.54) is 6.20 Å². The predicted molar refractivity (Wildman–Crippen MR) is 75.7 cm³/mol. The van der Waals surface area contributed by atoms with Gasteiger partial charge in [0.05, 0.1) is 10.6 Å². The number of nitrogens with one attached hydrogen (secondary N) is 1. The highest BCUT2D eigenvalue weighted by Crippen LogP contribution is 2.27. The Morgan fingerprint density at radius 1 is 1.40 bits per heavy atom. The van der Waals surface area contributed by atoms with Crippen molar-refractivity contribution < 1.29 is 4.79 Å². The van der Waals surface area contributed by atoms with E-state index >= 15 is 0 Å². The summed E-state index contributed by atoms with van der Waals surface area (Å²) in [5.74, 6) is 0.289. The molecule has 1 N–H and O–H groups in total. The minimum absolute atomic E-state index is 0.0263. The lowest BCUT2D eigenvalue weighted by Gasteiger charge is -2.32. The Kier molecular flexibility index (Phi) is 3.69. The number of hydrogen-bond donors (Lipinski definition) is 1. The third kappa shape index (κ3) is 2.54. The Morgan fingerprint density at radius 3 is 3.05 bits per heavy atom. The van der Waals surface area contributed by atoms with E-state index in [4.69, 9.17) is 11.6 Å². The first kappa shape index (κ1) is 13.1. The van der Waals surface area contributed by atoms with E-state index in [-0.39, 0.29) is 5.91 Å². The van der Waals surface area contributed by atoms with Crippen molar-refractivity contribution in [2.24, 2.45) is 0 Å². The van der Waals surface area contributed by atoms with Crippen molar-refractivity contribution >= 4 is 17.5 Å². The fraction of sp³-hybridized carbons (Fsp3) is 0.357. The zero-order valence-electron chi connectivity index (χ0n) is 10.9. The van der Waals surface area contributed by atoms with E-state index < -0.39 is 0 Å². The van der Waals surface area contributed by atoms with Gasteiger partial charge in [0.15, 0.2) is 0 Å². The van der Waals surface area contributed by atoms with Gasteiger partial charge >= 0.3 is 0 Å². The first-order chi connectivity index (χ1) is 9.75. The molecular formula is C14H15ClN4O. The van der Waals surface area contributed by atoms with Crippen LogP contribution in [-0.4, -0.2) is 39.1 Å². The smallest absolute Gasteiger partial charge is 0.255 e. The van der Waals surface area contributed by atoms with Crippen LogP contribution in [-0.2, 0) is 0 Å². The zero-order valence-corrected chi connectivity index (χ0v) is 11.7. The second-order valence-corrected chi connectivity index (χ2v) is 5.37. The van der Waals surface area contributed by atoms with Crippen molar-refractivity contribution in [3.05, 3.63) is 47.0 Å². The number of amides is 1. The molecule has 0 saturated carbocycles. The molecule has 0 aromatic carbocycles. The summed E-state index contributed by atoms with van der Waals surface area (Å²) in [6, 6.07) is 3.64. The minimum atomic E-state index is -0.0263. The van der Waals surface area contributed by atoms with Gasteiger partial charge in [-0.1, -0.05) is 11.6 Å². The number of aromatic amines is 1. The molecule has 1 saturated heterocycles. The number of halogens is 1. The molecule has 1 fully saturated rings. The summed E-state index contributed by atoms with van der Waals surface area (Å²) in [4.78, 5) is 18.3. The van der Waals surface area contributed by atoms with Crippen molar-refractivity contribution in [3.8, 4) is 0 Å². The average Bonchev–Trinajstić information content (AvgIpc) is 3.01.